The first-order chi connectivity index (χ1) is 9.19. The lowest BCUT2D eigenvalue weighted by atomic mass is 10.1. The van der Waals surface area contributed by atoms with Gasteiger partial charge in [-0.05, 0) is 54.9 Å². The molecule has 1 N–H and O–H groups in total. The number of halogens is 1. The van der Waals surface area contributed by atoms with Crippen molar-refractivity contribution in [3.05, 3.63) is 58.1 Å². The van der Waals surface area contributed by atoms with Gasteiger partial charge in [-0.3, -0.25) is 0 Å². The first-order valence-corrected chi connectivity index (χ1v) is 8.03. The molecule has 0 spiro atoms. The second-order valence-corrected chi connectivity index (χ2v) is 6.47. The van der Waals surface area contributed by atoms with Crippen molar-refractivity contribution >= 4 is 27.7 Å². The summed E-state index contributed by atoms with van der Waals surface area (Å²) < 4.78 is 1.12. The summed E-state index contributed by atoms with van der Waals surface area (Å²) in [7, 11) is 0. The SMILES string of the molecule is CCNCc1ccc(Sc2ccc(Br)cc2)c(C)c1. The first kappa shape index (κ1) is 14.6. The molecule has 2 aromatic carbocycles. The number of nitrogens with one attached hydrogen (secondary N) is 1. The first-order valence-electron chi connectivity index (χ1n) is 6.42. The molecule has 3 heteroatoms. The van der Waals surface area contributed by atoms with Crippen LogP contribution in [-0.2, 0) is 6.54 Å². The van der Waals surface area contributed by atoms with Gasteiger partial charge in [0, 0.05) is 20.8 Å². The molecule has 0 atom stereocenters. The fourth-order valence-electron chi connectivity index (χ4n) is 1.83. The minimum Gasteiger partial charge on any atom is -0.313 e. The van der Waals surface area contributed by atoms with E-state index in [1.807, 2.05) is 11.8 Å². The van der Waals surface area contributed by atoms with E-state index < -0.39 is 0 Å². The Morgan fingerprint density at radius 3 is 2.47 bits per heavy atom. The van der Waals surface area contributed by atoms with Crippen molar-refractivity contribution in [2.45, 2.75) is 30.2 Å². The average Bonchev–Trinajstić information content (AvgIpc) is 2.41. The smallest absolute Gasteiger partial charge is 0.0205 e. The molecule has 0 heterocycles. The third kappa shape index (κ3) is 4.37. The van der Waals surface area contributed by atoms with Crippen LogP contribution in [0.1, 0.15) is 18.1 Å². The van der Waals surface area contributed by atoms with E-state index in [1.165, 1.54) is 20.9 Å². The predicted octanol–water partition coefficient (Wildman–Crippen LogP) is 5.02. The quantitative estimate of drug-likeness (QED) is 0.823. The Kier molecular flexibility index (Phi) is 5.49. The Labute approximate surface area is 127 Å². The van der Waals surface area contributed by atoms with E-state index in [2.05, 4.69) is 77.6 Å². The van der Waals surface area contributed by atoms with Gasteiger partial charge in [-0.25, -0.2) is 0 Å². The minimum atomic E-state index is 0.945. The van der Waals surface area contributed by atoms with Crippen molar-refractivity contribution in [3.63, 3.8) is 0 Å². The Morgan fingerprint density at radius 2 is 1.84 bits per heavy atom. The van der Waals surface area contributed by atoms with Gasteiger partial charge in [-0.15, -0.1) is 0 Å². The molecule has 0 bridgehead atoms. The van der Waals surface area contributed by atoms with Crippen LogP contribution in [0, 0.1) is 6.92 Å². The third-order valence-electron chi connectivity index (χ3n) is 2.86. The molecule has 0 radical (unpaired) electrons. The van der Waals surface area contributed by atoms with Gasteiger partial charge in [0.15, 0.2) is 0 Å². The van der Waals surface area contributed by atoms with E-state index in [4.69, 9.17) is 0 Å². The van der Waals surface area contributed by atoms with Gasteiger partial charge in [0.05, 0.1) is 0 Å². The largest absolute Gasteiger partial charge is 0.313 e. The summed E-state index contributed by atoms with van der Waals surface area (Å²) in [6.45, 7) is 6.26. The molecule has 1 nitrogen and oxygen atoms in total. The van der Waals surface area contributed by atoms with Crippen molar-refractivity contribution in [1.29, 1.82) is 0 Å². The zero-order valence-electron chi connectivity index (χ0n) is 11.2. The van der Waals surface area contributed by atoms with Crippen molar-refractivity contribution in [2.75, 3.05) is 6.54 Å². The zero-order valence-corrected chi connectivity index (χ0v) is 13.6. The maximum Gasteiger partial charge on any atom is 0.0205 e. The van der Waals surface area contributed by atoms with Crippen molar-refractivity contribution in [3.8, 4) is 0 Å². The minimum absolute atomic E-state index is 0.945. The number of hydrogen-bond donors (Lipinski definition) is 1. The molecule has 2 aromatic rings. The van der Waals surface area contributed by atoms with E-state index in [9.17, 15) is 0 Å². The van der Waals surface area contributed by atoms with Crippen molar-refractivity contribution in [1.82, 2.24) is 5.32 Å². The Hall–Kier alpha value is -0.770. The van der Waals surface area contributed by atoms with Crippen LogP contribution in [0.5, 0.6) is 0 Å². The fraction of sp³-hybridized carbons (Fsp3) is 0.250. The highest BCUT2D eigenvalue weighted by molar-refractivity contribution is 9.10. The van der Waals surface area contributed by atoms with Gasteiger partial charge >= 0.3 is 0 Å². The molecule has 0 aliphatic rings. The summed E-state index contributed by atoms with van der Waals surface area (Å²) in [6.07, 6.45) is 0. The van der Waals surface area contributed by atoms with Crippen LogP contribution in [0.15, 0.2) is 56.7 Å². The number of benzene rings is 2. The van der Waals surface area contributed by atoms with Crippen LogP contribution in [0.25, 0.3) is 0 Å². The summed E-state index contributed by atoms with van der Waals surface area (Å²) in [6, 6.07) is 15.1. The van der Waals surface area contributed by atoms with E-state index in [0.717, 1.165) is 17.6 Å². The topological polar surface area (TPSA) is 12.0 Å². The lowest BCUT2D eigenvalue weighted by Gasteiger charge is -2.09. The van der Waals surface area contributed by atoms with E-state index in [0.29, 0.717) is 0 Å². The highest BCUT2D eigenvalue weighted by atomic mass is 79.9. The van der Waals surface area contributed by atoms with Crippen LogP contribution in [0.2, 0.25) is 0 Å². The molecule has 100 valence electrons. The van der Waals surface area contributed by atoms with E-state index >= 15 is 0 Å². The molecule has 0 aromatic heterocycles. The zero-order chi connectivity index (χ0) is 13.7. The molecule has 0 aliphatic heterocycles. The van der Waals surface area contributed by atoms with Crippen LogP contribution in [-0.4, -0.2) is 6.54 Å². The van der Waals surface area contributed by atoms with Crippen LogP contribution in [0.4, 0.5) is 0 Å². The highest BCUT2D eigenvalue weighted by Crippen LogP contribution is 2.31. The maximum atomic E-state index is 3.46. The summed E-state index contributed by atoms with van der Waals surface area (Å²) in [5.41, 5.74) is 2.68. The molecular formula is C16H18BrNS. The summed E-state index contributed by atoms with van der Waals surface area (Å²) >= 11 is 5.28. The van der Waals surface area contributed by atoms with Gasteiger partial charge in [0.1, 0.15) is 0 Å². The summed E-state index contributed by atoms with van der Waals surface area (Å²) in [5.74, 6) is 0. The lowest BCUT2D eigenvalue weighted by Crippen LogP contribution is -2.11. The Morgan fingerprint density at radius 1 is 1.11 bits per heavy atom. The van der Waals surface area contributed by atoms with Crippen LogP contribution >= 0.6 is 27.7 Å². The molecule has 0 saturated carbocycles. The van der Waals surface area contributed by atoms with Gasteiger partial charge < -0.3 is 5.32 Å². The standard InChI is InChI=1S/C16H18BrNS/c1-3-18-11-13-4-9-16(12(2)10-13)19-15-7-5-14(17)6-8-15/h4-10,18H,3,11H2,1-2H3. The molecule has 19 heavy (non-hydrogen) atoms. The van der Waals surface area contributed by atoms with Gasteiger partial charge in [0.2, 0.25) is 0 Å². The summed E-state index contributed by atoms with van der Waals surface area (Å²) in [5, 5.41) is 3.36. The number of aryl methyl sites for hydroxylation is 1. The number of hydrogen-bond acceptors (Lipinski definition) is 2. The summed E-state index contributed by atoms with van der Waals surface area (Å²) in [4.78, 5) is 2.59. The fourth-order valence-corrected chi connectivity index (χ4v) is 2.98. The normalized spacial score (nSPS) is 10.7. The molecule has 0 unspecified atom stereocenters. The van der Waals surface area contributed by atoms with Gasteiger partial charge in [-0.2, -0.15) is 0 Å². The molecule has 2 rings (SSSR count). The lowest BCUT2D eigenvalue weighted by molar-refractivity contribution is 0.726. The predicted molar refractivity (Wildman–Crippen MR) is 86.8 cm³/mol. The average molecular weight is 336 g/mol. The van der Waals surface area contributed by atoms with Gasteiger partial charge in [0.25, 0.3) is 0 Å². The van der Waals surface area contributed by atoms with Crippen molar-refractivity contribution in [2.24, 2.45) is 0 Å². The van der Waals surface area contributed by atoms with Crippen LogP contribution < -0.4 is 5.32 Å². The molecule has 0 amide bonds. The molecular weight excluding hydrogens is 318 g/mol. The third-order valence-corrected chi connectivity index (χ3v) is 4.57. The monoisotopic (exact) mass is 335 g/mol. The Balaban J connectivity index is 2.10. The highest BCUT2D eigenvalue weighted by Gasteiger charge is 2.02. The second kappa shape index (κ2) is 7.13. The van der Waals surface area contributed by atoms with E-state index in [-0.39, 0.29) is 0 Å². The maximum absolute atomic E-state index is 3.46. The molecule has 0 aliphatic carbocycles. The van der Waals surface area contributed by atoms with E-state index in [1.54, 1.807) is 0 Å². The molecule has 0 saturated heterocycles. The number of rotatable bonds is 5. The Bertz CT molecular complexity index is 537. The molecule has 0 fully saturated rings. The van der Waals surface area contributed by atoms with Crippen LogP contribution in [0.3, 0.4) is 0 Å². The second-order valence-electron chi connectivity index (χ2n) is 4.44. The van der Waals surface area contributed by atoms with Crippen molar-refractivity contribution < 1.29 is 0 Å². The van der Waals surface area contributed by atoms with Gasteiger partial charge in [-0.1, -0.05) is 46.7 Å².